The lowest BCUT2D eigenvalue weighted by Crippen LogP contribution is -2.47. The van der Waals surface area contributed by atoms with Gasteiger partial charge in [-0.1, -0.05) is 38.1 Å². The molecule has 0 radical (unpaired) electrons. The number of piperazine rings is 1. The van der Waals surface area contributed by atoms with E-state index in [1.54, 1.807) is 12.1 Å². The average Bonchev–Trinajstić information content (AvgIpc) is 3.69. The molecule has 38 heavy (non-hydrogen) atoms. The van der Waals surface area contributed by atoms with Crippen LogP contribution in [0.4, 0.5) is 5.69 Å². The Morgan fingerprint density at radius 2 is 1.58 bits per heavy atom. The first-order chi connectivity index (χ1) is 18.3. The number of H-pyrrole nitrogens is 1. The Balaban J connectivity index is 1.20. The lowest BCUT2D eigenvalue weighted by molar-refractivity contribution is 0.231. The van der Waals surface area contributed by atoms with Gasteiger partial charge in [-0.25, -0.2) is 8.42 Å². The van der Waals surface area contributed by atoms with Gasteiger partial charge in [-0.3, -0.25) is 9.88 Å². The third-order valence-electron chi connectivity index (χ3n) is 7.79. The standard InChI is InChI=1S/C31H36N4O2S/c1-21(2)20-34-14-16-35(17-15-34)25-8-4-23(5-9-25)30-19-31-28(22(3)32-30)18-29(33-31)24-6-10-26(11-7-24)38(36,37)27-12-13-27/h4-11,18-19,21,27,33H,12-17,20H2,1-3H3. The first-order valence-corrected chi connectivity index (χ1v) is 15.2. The van der Waals surface area contributed by atoms with Crippen LogP contribution in [0.3, 0.4) is 0 Å². The van der Waals surface area contributed by atoms with Crippen LogP contribution in [0.2, 0.25) is 0 Å². The van der Waals surface area contributed by atoms with Gasteiger partial charge >= 0.3 is 0 Å². The molecule has 6 nitrogen and oxygen atoms in total. The second-order valence-corrected chi connectivity index (χ2v) is 13.5. The summed E-state index contributed by atoms with van der Waals surface area (Å²) in [6, 6.07) is 20.2. The molecule has 1 aliphatic heterocycles. The van der Waals surface area contributed by atoms with Gasteiger partial charge in [0, 0.05) is 66.3 Å². The smallest absolute Gasteiger partial charge is 0.181 e. The first kappa shape index (κ1) is 25.1. The Bertz CT molecular complexity index is 1540. The van der Waals surface area contributed by atoms with E-state index in [2.05, 4.69) is 65.0 Å². The zero-order chi connectivity index (χ0) is 26.4. The monoisotopic (exact) mass is 528 g/mol. The summed E-state index contributed by atoms with van der Waals surface area (Å²) in [5.74, 6) is 0.709. The summed E-state index contributed by atoms with van der Waals surface area (Å²) in [6.07, 6.45) is 1.55. The molecule has 0 bridgehead atoms. The lowest BCUT2D eigenvalue weighted by Gasteiger charge is -2.36. The predicted octanol–water partition coefficient (Wildman–Crippen LogP) is 5.92. The van der Waals surface area contributed by atoms with Crippen molar-refractivity contribution in [2.75, 3.05) is 37.6 Å². The quantitative estimate of drug-likeness (QED) is 0.323. The fraction of sp³-hybridized carbons (Fsp3) is 0.387. The van der Waals surface area contributed by atoms with Gasteiger partial charge in [-0.2, -0.15) is 0 Å². The zero-order valence-electron chi connectivity index (χ0n) is 22.4. The normalized spacial score (nSPS) is 17.0. The van der Waals surface area contributed by atoms with Crippen LogP contribution in [0.5, 0.6) is 0 Å². The summed E-state index contributed by atoms with van der Waals surface area (Å²) in [4.78, 5) is 13.9. The highest BCUT2D eigenvalue weighted by molar-refractivity contribution is 7.92. The van der Waals surface area contributed by atoms with Crippen LogP contribution in [0.1, 0.15) is 32.4 Å². The predicted molar refractivity (Wildman–Crippen MR) is 155 cm³/mol. The van der Waals surface area contributed by atoms with Crippen LogP contribution in [-0.2, 0) is 9.84 Å². The minimum absolute atomic E-state index is 0.192. The highest BCUT2D eigenvalue weighted by atomic mass is 32.2. The Labute approximate surface area is 225 Å². The van der Waals surface area contributed by atoms with Gasteiger partial charge < -0.3 is 9.88 Å². The maximum Gasteiger partial charge on any atom is 0.181 e. The molecule has 1 saturated carbocycles. The molecule has 2 fully saturated rings. The van der Waals surface area contributed by atoms with E-state index < -0.39 is 9.84 Å². The van der Waals surface area contributed by atoms with E-state index in [-0.39, 0.29) is 5.25 Å². The molecule has 1 N–H and O–H groups in total. The van der Waals surface area contributed by atoms with Crippen molar-refractivity contribution in [2.45, 2.75) is 43.8 Å². The molecule has 3 heterocycles. The Hall–Kier alpha value is -3.16. The number of rotatable bonds is 7. The van der Waals surface area contributed by atoms with Crippen LogP contribution in [0.15, 0.2) is 65.6 Å². The number of pyridine rings is 1. The highest BCUT2D eigenvalue weighted by Gasteiger charge is 2.36. The van der Waals surface area contributed by atoms with Crippen molar-refractivity contribution in [3.05, 3.63) is 66.4 Å². The van der Waals surface area contributed by atoms with E-state index in [0.717, 1.165) is 78.1 Å². The molecule has 1 aliphatic carbocycles. The summed E-state index contributed by atoms with van der Waals surface area (Å²) in [6.45, 7) is 12.1. The number of aromatic nitrogens is 2. The van der Waals surface area contributed by atoms with Gasteiger partial charge in [-0.15, -0.1) is 0 Å². The Morgan fingerprint density at radius 3 is 2.21 bits per heavy atom. The molecule has 6 rings (SSSR count). The first-order valence-electron chi connectivity index (χ1n) is 13.7. The number of sulfone groups is 1. The van der Waals surface area contributed by atoms with E-state index in [1.165, 1.54) is 12.2 Å². The summed E-state index contributed by atoms with van der Waals surface area (Å²) < 4.78 is 25.1. The van der Waals surface area contributed by atoms with Gasteiger partial charge in [0.15, 0.2) is 9.84 Å². The maximum atomic E-state index is 12.5. The van der Waals surface area contributed by atoms with Crippen molar-refractivity contribution < 1.29 is 8.42 Å². The van der Waals surface area contributed by atoms with Crippen LogP contribution in [-0.4, -0.2) is 61.3 Å². The van der Waals surface area contributed by atoms with Crippen LogP contribution in [0, 0.1) is 12.8 Å². The Kier molecular flexibility index (Phi) is 6.52. The molecule has 2 aromatic carbocycles. The molecule has 2 aliphatic rings. The molecule has 4 aromatic rings. The number of nitrogens with one attached hydrogen (secondary N) is 1. The molecular formula is C31H36N4O2S. The molecule has 2 aromatic heterocycles. The molecular weight excluding hydrogens is 492 g/mol. The van der Waals surface area contributed by atoms with E-state index in [1.807, 2.05) is 19.1 Å². The fourth-order valence-corrected chi connectivity index (χ4v) is 7.20. The number of nitrogens with zero attached hydrogens (tertiary/aromatic N) is 3. The molecule has 198 valence electrons. The van der Waals surface area contributed by atoms with Crippen LogP contribution < -0.4 is 4.90 Å². The number of anilines is 1. The summed E-state index contributed by atoms with van der Waals surface area (Å²) in [7, 11) is -3.18. The molecule has 0 atom stereocenters. The molecule has 0 spiro atoms. The SMILES string of the molecule is Cc1nc(-c2ccc(N3CCN(CC(C)C)CC3)cc2)cc2[nH]c(-c3ccc(S(=O)(=O)C4CC4)cc3)cc12. The van der Waals surface area contributed by atoms with Crippen molar-refractivity contribution in [1.29, 1.82) is 0 Å². The fourth-order valence-electron chi connectivity index (χ4n) is 5.54. The van der Waals surface area contributed by atoms with E-state index in [0.29, 0.717) is 10.8 Å². The van der Waals surface area contributed by atoms with Crippen molar-refractivity contribution >= 4 is 26.4 Å². The van der Waals surface area contributed by atoms with E-state index >= 15 is 0 Å². The minimum atomic E-state index is -3.18. The van der Waals surface area contributed by atoms with Gasteiger partial charge in [0.2, 0.25) is 0 Å². The lowest BCUT2D eigenvalue weighted by atomic mass is 10.1. The molecule has 0 unspecified atom stereocenters. The van der Waals surface area contributed by atoms with Crippen LogP contribution >= 0.6 is 0 Å². The van der Waals surface area contributed by atoms with Crippen molar-refractivity contribution in [1.82, 2.24) is 14.9 Å². The van der Waals surface area contributed by atoms with Crippen molar-refractivity contribution in [2.24, 2.45) is 5.92 Å². The van der Waals surface area contributed by atoms with Crippen LogP contribution in [0.25, 0.3) is 33.4 Å². The minimum Gasteiger partial charge on any atom is -0.369 e. The van der Waals surface area contributed by atoms with Crippen molar-refractivity contribution in [3.8, 4) is 22.5 Å². The van der Waals surface area contributed by atoms with Gasteiger partial charge in [0.25, 0.3) is 0 Å². The van der Waals surface area contributed by atoms with Crippen molar-refractivity contribution in [3.63, 3.8) is 0 Å². The van der Waals surface area contributed by atoms with E-state index in [4.69, 9.17) is 4.98 Å². The third-order valence-corrected chi connectivity index (χ3v) is 10.1. The van der Waals surface area contributed by atoms with Gasteiger partial charge in [-0.05, 0) is 67.6 Å². The number of hydrogen-bond acceptors (Lipinski definition) is 5. The molecule has 7 heteroatoms. The summed E-state index contributed by atoms with van der Waals surface area (Å²) >= 11 is 0. The topological polar surface area (TPSA) is 69.3 Å². The summed E-state index contributed by atoms with van der Waals surface area (Å²) in [5, 5.41) is 0.886. The number of benzene rings is 2. The maximum absolute atomic E-state index is 12.5. The second kappa shape index (κ2) is 9.86. The van der Waals surface area contributed by atoms with Gasteiger partial charge in [0.1, 0.15) is 0 Å². The number of fused-ring (bicyclic) bond motifs is 1. The Morgan fingerprint density at radius 1 is 0.921 bits per heavy atom. The van der Waals surface area contributed by atoms with E-state index in [9.17, 15) is 8.42 Å². The van der Waals surface area contributed by atoms with Gasteiger partial charge in [0.05, 0.1) is 15.8 Å². The molecule has 0 amide bonds. The second-order valence-electron chi connectivity index (χ2n) is 11.2. The highest BCUT2D eigenvalue weighted by Crippen LogP contribution is 2.35. The largest absolute Gasteiger partial charge is 0.369 e. The molecule has 1 saturated heterocycles. The number of aryl methyl sites for hydroxylation is 1. The zero-order valence-corrected chi connectivity index (χ0v) is 23.3. The third kappa shape index (κ3) is 4.97. The summed E-state index contributed by atoms with van der Waals surface area (Å²) in [5.41, 5.74) is 7.25. The number of hydrogen-bond donors (Lipinski definition) is 1. The number of aromatic amines is 1. The average molecular weight is 529 g/mol.